The number of hydrogen-bond acceptors (Lipinski definition) is 4. The van der Waals surface area contributed by atoms with Crippen LogP contribution in [0, 0.1) is 6.92 Å². The van der Waals surface area contributed by atoms with Gasteiger partial charge in [0.25, 0.3) is 0 Å². The number of ether oxygens (including phenoxy) is 1. The molecule has 0 amide bonds. The third kappa shape index (κ3) is 3.58. The Kier molecular flexibility index (Phi) is 4.60. The monoisotopic (exact) mass is 272 g/mol. The summed E-state index contributed by atoms with van der Waals surface area (Å²) in [5.41, 5.74) is 0.541. The highest BCUT2D eigenvalue weighted by molar-refractivity contribution is 7.62. The van der Waals surface area contributed by atoms with E-state index in [1.165, 1.54) is 14.2 Å². The maximum Gasteiger partial charge on any atom is 0.361 e. The van der Waals surface area contributed by atoms with Crippen LogP contribution in [0.1, 0.15) is 26.3 Å². The third-order valence-corrected chi connectivity index (χ3v) is 4.41. The Balaban J connectivity index is 3.21. The molecule has 102 valence electrons. The first kappa shape index (κ1) is 15.2. The van der Waals surface area contributed by atoms with Gasteiger partial charge in [-0.1, -0.05) is 6.07 Å². The van der Waals surface area contributed by atoms with Crippen LogP contribution in [0.2, 0.25) is 0 Å². The fraction of sp³-hybridized carbons (Fsp3) is 0.538. The van der Waals surface area contributed by atoms with Gasteiger partial charge in [0.1, 0.15) is 11.4 Å². The number of aryl methyl sites for hydroxylation is 1. The van der Waals surface area contributed by atoms with Gasteiger partial charge in [0.05, 0.1) is 5.30 Å². The molecule has 18 heavy (non-hydrogen) atoms. The van der Waals surface area contributed by atoms with Gasteiger partial charge in [0.2, 0.25) is 0 Å². The van der Waals surface area contributed by atoms with Gasteiger partial charge in [-0.3, -0.25) is 4.57 Å². The summed E-state index contributed by atoms with van der Waals surface area (Å²) in [5, 5.41) is 0.536. The van der Waals surface area contributed by atoms with E-state index in [1.54, 1.807) is 6.07 Å². The summed E-state index contributed by atoms with van der Waals surface area (Å²) in [6, 6.07) is 5.41. The fourth-order valence-electron chi connectivity index (χ4n) is 1.57. The second kappa shape index (κ2) is 5.43. The fourth-order valence-corrected chi connectivity index (χ4v) is 2.91. The lowest BCUT2D eigenvalue weighted by Gasteiger charge is -2.23. The van der Waals surface area contributed by atoms with Crippen molar-refractivity contribution in [1.82, 2.24) is 0 Å². The van der Waals surface area contributed by atoms with Gasteiger partial charge in [0.15, 0.2) is 0 Å². The van der Waals surface area contributed by atoms with E-state index in [2.05, 4.69) is 0 Å². The zero-order valence-corrected chi connectivity index (χ0v) is 12.7. The second-order valence-corrected chi connectivity index (χ2v) is 7.23. The summed E-state index contributed by atoms with van der Waals surface area (Å²) in [6.07, 6.45) is 0. The van der Waals surface area contributed by atoms with E-state index < -0.39 is 7.60 Å². The molecule has 0 saturated heterocycles. The van der Waals surface area contributed by atoms with E-state index >= 15 is 0 Å². The summed E-state index contributed by atoms with van der Waals surface area (Å²) in [6.45, 7) is 7.73. The van der Waals surface area contributed by atoms with E-state index in [9.17, 15) is 4.57 Å². The van der Waals surface area contributed by atoms with Crippen LogP contribution in [-0.2, 0) is 13.6 Å². The van der Waals surface area contributed by atoms with Gasteiger partial charge in [-0.15, -0.1) is 0 Å². The highest BCUT2D eigenvalue weighted by Gasteiger charge is 2.27. The number of benzene rings is 1. The minimum atomic E-state index is -3.24. The molecule has 1 rings (SSSR count). The van der Waals surface area contributed by atoms with Crippen molar-refractivity contribution in [3.8, 4) is 5.75 Å². The Bertz CT molecular complexity index is 455. The molecule has 0 aliphatic heterocycles. The lowest BCUT2D eigenvalue weighted by molar-refractivity contribution is 0.131. The molecular weight excluding hydrogens is 251 g/mol. The van der Waals surface area contributed by atoms with Crippen LogP contribution >= 0.6 is 7.60 Å². The van der Waals surface area contributed by atoms with Crippen LogP contribution < -0.4 is 10.0 Å². The highest BCUT2D eigenvalue weighted by Crippen LogP contribution is 2.46. The molecule has 0 heterocycles. The van der Waals surface area contributed by atoms with Gasteiger partial charge in [0, 0.05) is 14.2 Å². The molecule has 5 heteroatoms. The van der Waals surface area contributed by atoms with Crippen molar-refractivity contribution in [1.29, 1.82) is 0 Å². The van der Waals surface area contributed by atoms with Crippen molar-refractivity contribution in [2.45, 2.75) is 33.3 Å². The Hall–Kier alpha value is -0.830. The molecule has 0 spiro atoms. The molecule has 4 nitrogen and oxygen atoms in total. The average molecular weight is 272 g/mol. The minimum Gasteiger partial charge on any atom is -0.488 e. The van der Waals surface area contributed by atoms with Crippen molar-refractivity contribution < 1.29 is 18.3 Å². The van der Waals surface area contributed by atoms with Gasteiger partial charge >= 0.3 is 7.60 Å². The molecule has 0 radical (unpaired) electrons. The van der Waals surface area contributed by atoms with Crippen LogP contribution in [0.4, 0.5) is 0 Å². The third-order valence-electron chi connectivity index (χ3n) is 2.38. The van der Waals surface area contributed by atoms with Crippen LogP contribution in [0.25, 0.3) is 0 Å². The largest absolute Gasteiger partial charge is 0.488 e. The van der Waals surface area contributed by atoms with Crippen LogP contribution in [0.5, 0.6) is 5.75 Å². The van der Waals surface area contributed by atoms with Crippen LogP contribution in [-0.4, -0.2) is 19.8 Å². The van der Waals surface area contributed by atoms with Crippen molar-refractivity contribution in [3.63, 3.8) is 0 Å². The molecule has 0 fully saturated rings. The molecule has 0 aliphatic carbocycles. The zero-order valence-electron chi connectivity index (χ0n) is 11.8. The standard InChI is InChI=1S/C13H21O4P/c1-10-7-8-11(17-13(2,3)4)9-12(10)18(14,15-5)16-6/h7-9H,1-6H3. The van der Waals surface area contributed by atoms with Crippen molar-refractivity contribution in [2.75, 3.05) is 14.2 Å². The van der Waals surface area contributed by atoms with Crippen molar-refractivity contribution >= 4 is 12.9 Å². The van der Waals surface area contributed by atoms with E-state index in [0.717, 1.165) is 5.56 Å². The predicted octanol–water partition coefficient (Wildman–Crippen LogP) is 3.28. The van der Waals surface area contributed by atoms with Gasteiger partial charge < -0.3 is 13.8 Å². The summed E-state index contributed by atoms with van der Waals surface area (Å²) in [4.78, 5) is 0. The van der Waals surface area contributed by atoms with Gasteiger partial charge in [-0.2, -0.15) is 0 Å². The first-order chi connectivity index (χ1) is 8.22. The smallest absolute Gasteiger partial charge is 0.361 e. The Morgan fingerprint density at radius 1 is 1.11 bits per heavy atom. The van der Waals surface area contributed by atoms with Crippen LogP contribution in [0.15, 0.2) is 18.2 Å². The number of rotatable bonds is 4. The van der Waals surface area contributed by atoms with Crippen LogP contribution in [0.3, 0.4) is 0 Å². The lowest BCUT2D eigenvalue weighted by Crippen LogP contribution is -2.24. The molecule has 0 aliphatic rings. The Morgan fingerprint density at radius 2 is 1.67 bits per heavy atom. The Morgan fingerprint density at radius 3 is 2.11 bits per heavy atom. The topological polar surface area (TPSA) is 44.8 Å². The lowest BCUT2D eigenvalue weighted by atomic mass is 10.2. The Labute approximate surface area is 109 Å². The maximum atomic E-state index is 12.4. The molecule has 0 aromatic heterocycles. The normalized spacial score (nSPS) is 12.6. The zero-order chi connectivity index (χ0) is 14.0. The summed E-state index contributed by atoms with van der Waals surface area (Å²) >= 11 is 0. The van der Waals surface area contributed by atoms with Crippen molar-refractivity contribution in [2.24, 2.45) is 0 Å². The minimum absolute atomic E-state index is 0.309. The quantitative estimate of drug-likeness (QED) is 0.789. The molecule has 1 aromatic carbocycles. The van der Waals surface area contributed by atoms with Crippen molar-refractivity contribution in [3.05, 3.63) is 23.8 Å². The summed E-state index contributed by atoms with van der Waals surface area (Å²) in [5.74, 6) is 0.650. The SMILES string of the molecule is COP(=O)(OC)c1cc(OC(C)(C)C)ccc1C. The summed E-state index contributed by atoms with van der Waals surface area (Å²) < 4.78 is 28.2. The molecule has 0 saturated carbocycles. The highest BCUT2D eigenvalue weighted by atomic mass is 31.2. The van der Waals surface area contributed by atoms with E-state index in [-0.39, 0.29) is 5.60 Å². The van der Waals surface area contributed by atoms with Gasteiger partial charge in [-0.05, 0) is 45.4 Å². The van der Waals surface area contributed by atoms with E-state index in [0.29, 0.717) is 11.1 Å². The molecule has 0 atom stereocenters. The molecule has 1 aromatic rings. The number of hydrogen-bond donors (Lipinski definition) is 0. The molecule has 0 N–H and O–H groups in total. The summed E-state index contributed by atoms with van der Waals surface area (Å²) in [7, 11) is -0.492. The maximum absolute atomic E-state index is 12.4. The van der Waals surface area contributed by atoms with Gasteiger partial charge in [-0.25, -0.2) is 0 Å². The molecule has 0 unspecified atom stereocenters. The first-order valence-electron chi connectivity index (χ1n) is 5.73. The predicted molar refractivity (Wildman–Crippen MR) is 72.8 cm³/mol. The average Bonchev–Trinajstić information content (AvgIpc) is 2.29. The van der Waals surface area contributed by atoms with E-state index in [4.69, 9.17) is 13.8 Å². The van der Waals surface area contributed by atoms with E-state index in [1.807, 2.05) is 39.8 Å². The second-order valence-electron chi connectivity index (χ2n) is 5.03. The first-order valence-corrected chi connectivity index (χ1v) is 7.28. The molecular formula is C13H21O4P. The molecule has 0 bridgehead atoms.